The van der Waals surface area contributed by atoms with E-state index in [0.717, 1.165) is 13.1 Å². The van der Waals surface area contributed by atoms with E-state index in [-0.39, 0.29) is 35.8 Å². The molecule has 3 rings (SSSR count). The van der Waals surface area contributed by atoms with Crippen molar-refractivity contribution in [3.63, 3.8) is 0 Å². The molecule has 10 heteroatoms. The van der Waals surface area contributed by atoms with Crippen molar-refractivity contribution in [3.8, 4) is 11.6 Å². The highest BCUT2D eigenvalue weighted by atomic mass is 19.3. The van der Waals surface area contributed by atoms with Gasteiger partial charge in [0.2, 0.25) is 5.88 Å². The lowest BCUT2D eigenvalue weighted by Crippen LogP contribution is -2.42. The summed E-state index contributed by atoms with van der Waals surface area (Å²) in [5.41, 5.74) is 0.189. The van der Waals surface area contributed by atoms with Crippen LogP contribution in [0.15, 0.2) is 42.9 Å². The molecule has 1 atom stereocenters. The maximum Gasteiger partial charge on any atom is 0.272 e. The summed E-state index contributed by atoms with van der Waals surface area (Å²) in [6.45, 7) is 6.20. The molecule has 32 heavy (non-hydrogen) atoms. The molecule has 3 aromatic rings. The third-order valence-corrected chi connectivity index (χ3v) is 5.01. The maximum atomic E-state index is 15.0. The van der Waals surface area contributed by atoms with Gasteiger partial charge in [0.15, 0.2) is 0 Å². The molecular formula is C22H24F3N5O2. The summed E-state index contributed by atoms with van der Waals surface area (Å²) in [7, 11) is 0. The molecule has 0 saturated carbocycles. The highest BCUT2D eigenvalue weighted by Gasteiger charge is 2.28. The van der Waals surface area contributed by atoms with Crippen LogP contribution in [0, 0.1) is 12.7 Å². The van der Waals surface area contributed by atoms with Crippen molar-refractivity contribution in [1.82, 2.24) is 24.9 Å². The van der Waals surface area contributed by atoms with Crippen LogP contribution in [0.1, 0.15) is 42.3 Å². The highest BCUT2D eigenvalue weighted by molar-refractivity contribution is 5.98. The summed E-state index contributed by atoms with van der Waals surface area (Å²) < 4.78 is 47.3. The molecule has 7 nitrogen and oxygen atoms in total. The largest absolute Gasteiger partial charge is 0.475 e. The van der Waals surface area contributed by atoms with E-state index < -0.39 is 23.7 Å². The van der Waals surface area contributed by atoms with Crippen molar-refractivity contribution in [2.45, 2.75) is 39.7 Å². The Bertz CT molecular complexity index is 1070. The van der Waals surface area contributed by atoms with E-state index in [4.69, 9.17) is 4.74 Å². The second-order valence-corrected chi connectivity index (χ2v) is 7.43. The lowest BCUT2D eigenvalue weighted by molar-refractivity contribution is 0.0169. The van der Waals surface area contributed by atoms with Crippen LogP contribution < -0.4 is 4.74 Å². The standard InChI is InChI=1S/C22H24F3N5O2/c1-5-29(15(3)13-32-18-9-7-16(12-26-18)22(4,24)25)21(31)19-17(30-27-10-11-28-30)8-6-14(2)20(19)23/h6-12,15H,5,13H2,1-4H3/t15-/m0/s1. The van der Waals surface area contributed by atoms with E-state index in [9.17, 15) is 13.6 Å². The minimum absolute atomic E-state index is 0.0389. The average molecular weight is 447 g/mol. The van der Waals surface area contributed by atoms with Gasteiger partial charge in [-0.1, -0.05) is 6.07 Å². The van der Waals surface area contributed by atoms with Crippen molar-refractivity contribution in [3.05, 3.63) is 65.4 Å². The van der Waals surface area contributed by atoms with Gasteiger partial charge in [-0.25, -0.2) is 18.2 Å². The summed E-state index contributed by atoms with van der Waals surface area (Å²) in [6.07, 6.45) is 3.92. The number of ether oxygens (including phenoxy) is 1. The second-order valence-electron chi connectivity index (χ2n) is 7.43. The fourth-order valence-corrected chi connectivity index (χ4v) is 3.20. The molecule has 0 aliphatic carbocycles. The summed E-state index contributed by atoms with van der Waals surface area (Å²) >= 11 is 0. The molecule has 2 aromatic heterocycles. The summed E-state index contributed by atoms with van der Waals surface area (Å²) in [6, 6.07) is 5.28. The topological polar surface area (TPSA) is 73.1 Å². The number of halogens is 3. The zero-order valence-corrected chi connectivity index (χ0v) is 18.2. The van der Waals surface area contributed by atoms with Crippen LogP contribution in [0.2, 0.25) is 0 Å². The molecule has 0 bridgehead atoms. The first-order valence-corrected chi connectivity index (χ1v) is 10.1. The van der Waals surface area contributed by atoms with Crippen molar-refractivity contribution in [2.24, 2.45) is 0 Å². The van der Waals surface area contributed by atoms with Gasteiger partial charge >= 0.3 is 0 Å². The Balaban J connectivity index is 1.80. The minimum atomic E-state index is -3.00. The fraction of sp³-hybridized carbons (Fsp3) is 0.364. The van der Waals surface area contributed by atoms with Crippen LogP contribution in [0.5, 0.6) is 5.88 Å². The van der Waals surface area contributed by atoms with Gasteiger partial charge in [0.25, 0.3) is 11.8 Å². The maximum absolute atomic E-state index is 15.0. The number of likely N-dealkylation sites (N-methyl/N-ethyl adjacent to an activating group) is 1. The number of hydrogen-bond acceptors (Lipinski definition) is 5. The molecule has 0 fully saturated rings. The first-order valence-electron chi connectivity index (χ1n) is 10.1. The Morgan fingerprint density at radius 2 is 1.91 bits per heavy atom. The number of rotatable bonds is 8. The lowest BCUT2D eigenvalue weighted by Gasteiger charge is -2.29. The monoisotopic (exact) mass is 447 g/mol. The number of carbonyl (C=O) groups excluding carboxylic acids is 1. The van der Waals surface area contributed by atoms with Crippen molar-refractivity contribution in [2.75, 3.05) is 13.2 Å². The van der Waals surface area contributed by atoms with Crippen molar-refractivity contribution in [1.29, 1.82) is 0 Å². The van der Waals surface area contributed by atoms with Gasteiger partial charge in [-0.05, 0) is 38.5 Å². The summed E-state index contributed by atoms with van der Waals surface area (Å²) in [4.78, 5) is 19.9. The number of alkyl halides is 2. The molecule has 0 aliphatic rings. The lowest BCUT2D eigenvalue weighted by atomic mass is 10.1. The summed E-state index contributed by atoms with van der Waals surface area (Å²) in [5.74, 6) is -4.03. The molecule has 170 valence electrons. The second kappa shape index (κ2) is 9.37. The molecular weight excluding hydrogens is 423 g/mol. The van der Waals surface area contributed by atoms with Crippen LogP contribution in [-0.4, -0.2) is 50.0 Å². The third kappa shape index (κ3) is 4.90. The van der Waals surface area contributed by atoms with Gasteiger partial charge in [-0.3, -0.25) is 4.79 Å². The van der Waals surface area contributed by atoms with Crippen LogP contribution in [0.3, 0.4) is 0 Å². The number of amides is 1. The van der Waals surface area contributed by atoms with Gasteiger partial charge in [0, 0.05) is 31.3 Å². The number of aryl methyl sites for hydroxylation is 1. The first-order chi connectivity index (χ1) is 15.1. The smallest absolute Gasteiger partial charge is 0.272 e. The Hall–Kier alpha value is -3.43. The van der Waals surface area contributed by atoms with Crippen molar-refractivity contribution < 1.29 is 22.7 Å². The first kappa shape index (κ1) is 23.2. The normalized spacial score (nSPS) is 12.5. The zero-order chi connectivity index (χ0) is 23.5. The molecule has 1 amide bonds. The molecule has 0 N–H and O–H groups in total. The van der Waals surface area contributed by atoms with E-state index in [1.165, 1.54) is 34.2 Å². The molecule has 1 aromatic carbocycles. The molecule has 2 heterocycles. The molecule has 0 spiro atoms. The van der Waals surface area contributed by atoms with E-state index in [1.54, 1.807) is 32.9 Å². The number of hydrogen-bond donors (Lipinski definition) is 0. The predicted octanol–water partition coefficient (Wildman–Crippen LogP) is 4.15. The number of carbonyl (C=O) groups is 1. The van der Waals surface area contributed by atoms with Gasteiger partial charge < -0.3 is 9.64 Å². The summed E-state index contributed by atoms with van der Waals surface area (Å²) in [5, 5.41) is 8.02. The average Bonchev–Trinajstić information content (AvgIpc) is 3.29. The number of nitrogens with zero attached hydrogens (tertiary/aromatic N) is 5. The number of aromatic nitrogens is 4. The Morgan fingerprint density at radius 1 is 1.22 bits per heavy atom. The van der Waals surface area contributed by atoms with E-state index in [2.05, 4.69) is 15.2 Å². The quantitative estimate of drug-likeness (QED) is 0.519. The van der Waals surface area contributed by atoms with E-state index >= 15 is 4.39 Å². The highest BCUT2D eigenvalue weighted by Crippen LogP contribution is 2.27. The Labute approximate surface area is 183 Å². The number of benzene rings is 1. The van der Waals surface area contributed by atoms with Gasteiger partial charge in [0.05, 0.1) is 18.4 Å². The van der Waals surface area contributed by atoms with Gasteiger partial charge in [-0.2, -0.15) is 15.0 Å². The van der Waals surface area contributed by atoms with Crippen LogP contribution in [-0.2, 0) is 5.92 Å². The zero-order valence-electron chi connectivity index (χ0n) is 18.2. The van der Waals surface area contributed by atoms with Crippen LogP contribution >= 0.6 is 0 Å². The number of pyridine rings is 1. The third-order valence-electron chi connectivity index (χ3n) is 5.01. The molecule has 0 radical (unpaired) electrons. The van der Waals surface area contributed by atoms with Gasteiger partial charge in [-0.15, -0.1) is 0 Å². The molecule has 0 unspecified atom stereocenters. The fourth-order valence-electron chi connectivity index (χ4n) is 3.20. The molecule has 0 saturated heterocycles. The predicted molar refractivity (Wildman–Crippen MR) is 112 cm³/mol. The van der Waals surface area contributed by atoms with E-state index in [1.807, 2.05) is 0 Å². The minimum Gasteiger partial charge on any atom is -0.475 e. The van der Waals surface area contributed by atoms with Crippen molar-refractivity contribution >= 4 is 5.91 Å². The van der Waals surface area contributed by atoms with Crippen LogP contribution in [0.25, 0.3) is 5.69 Å². The van der Waals surface area contributed by atoms with Crippen LogP contribution in [0.4, 0.5) is 13.2 Å². The molecule has 0 aliphatic heterocycles. The van der Waals surface area contributed by atoms with Gasteiger partial charge in [0.1, 0.15) is 23.7 Å². The van der Waals surface area contributed by atoms with E-state index in [0.29, 0.717) is 5.56 Å². The Morgan fingerprint density at radius 3 is 2.47 bits per heavy atom. The SMILES string of the molecule is CCN(C(=O)c1c(-n2nccn2)ccc(C)c1F)[C@@H](C)COc1ccc(C(C)(F)F)cn1. The Kier molecular flexibility index (Phi) is 6.81.